The number of aromatic nitrogens is 1. The molecule has 0 saturated heterocycles. The molecule has 1 aliphatic rings. The van der Waals surface area contributed by atoms with Gasteiger partial charge in [0.05, 0.1) is 22.9 Å². The molecule has 2 aromatic rings. The van der Waals surface area contributed by atoms with Crippen LogP contribution in [-0.4, -0.2) is 16.9 Å². The van der Waals surface area contributed by atoms with Gasteiger partial charge in [0, 0.05) is 17.8 Å². The summed E-state index contributed by atoms with van der Waals surface area (Å²) < 4.78 is 67.6. The minimum absolute atomic E-state index is 0.0809. The first-order valence-corrected chi connectivity index (χ1v) is 8.76. The molecular weight excluding hydrogens is 397 g/mol. The molecule has 5 nitrogen and oxygen atoms in total. The SMILES string of the molecule is C[C@@H](NC(=O)c1cn(C2(C(F)F)CC2)c(=O)cc1N)c1cccc(C(F)F)c1F. The summed E-state index contributed by atoms with van der Waals surface area (Å²) in [5.74, 6) is -2.00. The minimum Gasteiger partial charge on any atom is -0.398 e. The highest BCUT2D eigenvalue weighted by atomic mass is 19.3. The van der Waals surface area contributed by atoms with E-state index in [0.717, 1.165) is 22.9 Å². The van der Waals surface area contributed by atoms with Gasteiger partial charge in [-0.25, -0.2) is 22.0 Å². The third-order valence-electron chi connectivity index (χ3n) is 5.09. The maximum atomic E-state index is 14.3. The van der Waals surface area contributed by atoms with E-state index in [2.05, 4.69) is 5.32 Å². The van der Waals surface area contributed by atoms with Crippen LogP contribution < -0.4 is 16.6 Å². The van der Waals surface area contributed by atoms with Crippen LogP contribution >= 0.6 is 0 Å². The average Bonchev–Trinajstić information content (AvgIpc) is 3.43. The Morgan fingerprint density at radius 2 is 1.83 bits per heavy atom. The van der Waals surface area contributed by atoms with Crippen molar-refractivity contribution >= 4 is 11.6 Å². The van der Waals surface area contributed by atoms with E-state index in [0.29, 0.717) is 0 Å². The van der Waals surface area contributed by atoms with E-state index in [1.807, 2.05) is 0 Å². The number of anilines is 1. The van der Waals surface area contributed by atoms with Crippen molar-refractivity contribution in [1.82, 2.24) is 9.88 Å². The van der Waals surface area contributed by atoms with Crippen molar-refractivity contribution in [2.24, 2.45) is 0 Å². The van der Waals surface area contributed by atoms with Gasteiger partial charge in [0.1, 0.15) is 11.4 Å². The Kier molecular flexibility index (Phi) is 5.38. The van der Waals surface area contributed by atoms with E-state index in [4.69, 9.17) is 5.73 Å². The van der Waals surface area contributed by atoms with Crippen molar-refractivity contribution in [3.8, 4) is 0 Å². The van der Waals surface area contributed by atoms with Gasteiger partial charge >= 0.3 is 0 Å². The number of alkyl halides is 4. The lowest BCUT2D eigenvalue weighted by Crippen LogP contribution is -2.37. The number of halogens is 5. The molecule has 156 valence electrons. The summed E-state index contributed by atoms with van der Waals surface area (Å²) in [6, 6.07) is 3.26. The van der Waals surface area contributed by atoms with Crippen LogP contribution in [0, 0.1) is 5.82 Å². The molecule has 3 N–H and O–H groups in total. The molecule has 1 aromatic heterocycles. The topological polar surface area (TPSA) is 77.1 Å². The summed E-state index contributed by atoms with van der Waals surface area (Å²) in [4.78, 5) is 24.7. The smallest absolute Gasteiger partial charge is 0.266 e. The highest BCUT2D eigenvalue weighted by Crippen LogP contribution is 2.47. The summed E-state index contributed by atoms with van der Waals surface area (Å²) >= 11 is 0. The molecule has 0 unspecified atom stereocenters. The van der Waals surface area contributed by atoms with E-state index < -0.39 is 47.3 Å². The van der Waals surface area contributed by atoms with E-state index in [1.54, 1.807) is 0 Å². The number of carbonyl (C=O) groups excluding carboxylic acids is 1. The Morgan fingerprint density at radius 1 is 1.21 bits per heavy atom. The van der Waals surface area contributed by atoms with Crippen LogP contribution in [0.1, 0.15) is 53.7 Å². The van der Waals surface area contributed by atoms with Gasteiger partial charge in [-0.2, -0.15) is 0 Å². The lowest BCUT2D eigenvalue weighted by Gasteiger charge is -2.21. The summed E-state index contributed by atoms with van der Waals surface area (Å²) in [6.45, 7) is 1.37. The predicted molar refractivity (Wildman–Crippen MR) is 95.6 cm³/mol. The number of nitrogens with two attached hydrogens (primary N) is 1. The Morgan fingerprint density at radius 3 is 2.38 bits per heavy atom. The highest BCUT2D eigenvalue weighted by molar-refractivity contribution is 5.99. The molecule has 0 spiro atoms. The van der Waals surface area contributed by atoms with Gasteiger partial charge in [0.15, 0.2) is 0 Å². The number of rotatable bonds is 6. The molecule has 1 amide bonds. The van der Waals surface area contributed by atoms with Crippen molar-refractivity contribution < 1.29 is 26.7 Å². The predicted octanol–water partition coefficient (Wildman–Crippen LogP) is 3.75. The molecule has 1 aromatic carbocycles. The lowest BCUT2D eigenvalue weighted by molar-refractivity contribution is 0.0648. The maximum Gasteiger partial charge on any atom is 0.266 e. The number of benzene rings is 1. The standard InChI is InChI=1S/C19H18F5N3O2/c1-9(10-3-2-4-11(15(10)20)16(21)22)26-17(29)12-8-27(14(28)7-13(12)25)19(5-6-19)18(23)24/h2-4,7-9,16,18H,5-6,25H2,1H3,(H,26,29)/t9-/m1/s1. The second-order valence-corrected chi connectivity index (χ2v) is 7.00. The molecule has 1 aliphatic carbocycles. The molecule has 1 saturated carbocycles. The number of nitrogen functional groups attached to an aromatic ring is 1. The molecule has 0 aliphatic heterocycles. The van der Waals surface area contributed by atoms with Crippen LogP contribution in [0.4, 0.5) is 27.6 Å². The van der Waals surface area contributed by atoms with Crippen molar-refractivity contribution in [3.63, 3.8) is 0 Å². The zero-order valence-electron chi connectivity index (χ0n) is 15.3. The Hall–Kier alpha value is -2.91. The van der Waals surface area contributed by atoms with Crippen LogP contribution in [0.25, 0.3) is 0 Å². The quantitative estimate of drug-likeness (QED) is 0.706. The summed E-state index contributed by atoms with van der Waals surface area (Å²) in [5, 5.41) is 2.40. The zero-order chi connectivity index (χ0) is 21.5. The number of hydrogen-bond acceptors (Lipinski definition) is 3. The van der Waals surface area contributed by atoms with E-state index in [1.165, 1.54) is 19.1 Å². The fraction of sp³-hybridized carbons (Fsp3) is 0.368. The van der Waals surface area contributed by atoms with E-state index in [9.17, 15) is 31.5 Å². The first-order chi connectivity index (χ1) is 13.6. The van der Waals surface area contributed by atoms with Crippen LogP contribution in [0.15, 0.2) is 35.3 Å². The van der Waals surface area contributed by atoms with Gasteiger partial charge in [-0.3, -0.25) is 9.59 Å². The normalized spacial score (nSPS) is 16.1. The first-order valence-electron chi connectivity index (χ1n) is 8.76. The van der Waals surface area contributed by atoms with Crippen LogP contribution in [-0.2, 0) is 5.54 Å². The monoisotopic (exact) mass is 415 g/mol. The summed E-state index contributed by atoms with van der Waals surface area (Å²) in [5.41, 5.74) is 1.83. The average molecular weight is 415 g/mol. The van der Waals surface area contributed by atoms with Crippen LogP contribution in [0.3, 0.4) is 0 Å². The molecule has 29 heavy (non-hydrogen) atoms. The second kappa shape index (κ2) is 7.49. The van der Waals surface area contributed by atoms with Gasteiger partial charge in [-0.1, -0.05) is 18.2 Å². The van der Waals surface area contributed by atoms with Crippen molar-refractivity contribution in [2.45, 2.75) is 44.2 Å². The third-order valence-corrected chi connectivity index (χ3v) is 5.09. The number of amides is 1. The molecule has 0 bridgehead atoms. The Balaban J connectivity index is 1.90. The number of carbonyl (C=O) groups is 1. The zero-order valence-corrected chi connectivity index (χ0v) is 15.3. The van der Waals surface area contributed by atoms with Gasteiger partial charge in [0.25, 0.3) is 24.3 Å². The van der Waals surface area contributed by atoms with Crippen molar-refractivity contribution in [3.05, 3.63) is 63.3 Å². The molecule has 0 radical (unpaired) electrons. The van der Waals surface area contributed by atoms with E-state index in [-0.39, 0.29) is 29.7 Å². The lowest BCUT2D eigenvalue weighted by atomic mass is 10.0. The number of pyridine rings is 1. The largest absolute Gasteiger partial charge is 0.398 e. The molecule has 1 atom stereocenters. The molecule has 1 heterocycles. The Labute approximate surface area is 162 Å². The van der Waals surface area contributed by atoms with Gasteiger partial charge < -0.3 is 15.6 Å². The van der Waals surface area contributed by atoms with Gasteiger partial charge in [0.2, 0.25) is 0 Å². The highest BCUT2D eigenvalue weighted by Gasteiger charge is 2.53. The number of nitrogens with zero attached hydrogens (tertiary/aromatic N) is 1. The fourth-order valence-corrected chi connectivity index (χ4v) is 3.20. The van der Waals surface area contributed by atoms with Gasteiger partial charge in [-0.05, 0) is 19.8 Å². The summed E-state index contributed by atoms with van der Waals surface area (Å²) in [6.07, 6.45) is -4.70. The molecule has 10 heteroatoms. The minimum atomic E-state index is -3.03. The maximum absolute atomic E-state index is 14.3. The van der Waals surface area contributed by atoms with E-state index >= 15 is 0 Å². The molecule has 3 rings (SSSR count). The summed E-state index contributed by atoms with van der Waals surface area (Å²) in [7, 11) is 0. The van der Waals surface area contributed by atoms with Gasteiger partial charge in [-0.15, -0.1) is 0 Å². The Bertz CT molecular complexity index is 1000. The molecule has 1 fully saturated rings. The van der Waals surface area contributed by atoms with Crippen LogP contribution in [0.5, 0.6) is 0 Å². The van der Waals surface area contributed by atoms with Crippen molar-refractivity contribution in [2.75, 3.05) is 5.73 Å². The van der Waals surface area contributed by atoms with Crippen molar-refractivity contribution in [1.29, 1.82) is 0 Å². The first kappa shape index (κ1) is 20.8. The third kappa shape index (κ3) is 3.70. The van der Waals surface area contributed by atoms with Crippen LogP contribution in [0.2, 0.25) is 0 Å². The number of hydrogen-bond donors (Lipinski definition) is 2. The second-order valence-electron chi connectivity index (χ2n) is 7.00. The number of nitrogens with one attached hydrogen (secondary N) is 1. The fourth-order valence-electron chi connectivity index (χ4n) is 3.20. The molecular formula is C19H18F5N3O2.